The Morgan fingerprint density at radius 1 is 1.12 bits per heavy atom. The van der Waals surface area contributed by atoms with Crippen LogP contribution in [0.25, 0.3) is 0 Å². The van der Waals surface area contributed by atoms with E-state index in [-0.39, 0.29) is 12.5 Å². The first-order chi connectivity index (χ1) is 11.8. The molecule has 3 aliphatic rings. The van der Waals surface area contributed by atoms with Gasteiger partial charge in [-0.25, -0.2) is 0 Å². The summed E-state index contributed by atoms with van der Waals surface area (Å²) in [6.45, 7) is 4.43. The Labute approximate surface area is 146 Å². The van der Waals surface area contributed by atoms with Crippen molar-refractivity contribution in [3.05, 3.63) is 35.9 Å². The standard InChI is InChI=1S/C19H21NO5/c1-18(2)11-19(8-9-24-18)14-13(17(23)25-19)15(21)20(16(14)22)10-12-6-4-3-5-7-12/h3-7,13-14H,8-11H2,1-2H3. The maximum Gasteiger partial charge on any atom is 0.320 e. The lowest BCUT2D eigenvalue weighted by Crippen LogP contribution is -2.52. The Hall–Kier alpha value is -2.21. The van der Waals surface area contributed by atoms with Gasteiger partial charge in [0.1, 0.15) is 11.5 Å². The summed E-state index contributed by atoms with van der Waals surface area (Å²) in [7, 11) is 0. The van der Waals surface area contributed by atoms with Crippen LogP contribution in [-0.2, 0) is 30.4 Å². The molecule has 3 fully saturated rings. The molecule has 0 bridgehead atoms. The summed E-state index contributed by atoms with van der Waals surface area (Å²) in [4.78, 5) is 39.5. The highest BCUT2D eigenvalue weighted by Gasteiger charge is 2.68. The van der Waals surface area contributed by atoms with Crippen molar-refractivity contribution in [3.8, 4) is 0 Å². The lowest BCUT2D eigenvalue weighted by Gasteiger charge is -2.43. The van der Waals surface area contributed by atoms with E-state index in [9.17, 15) is 14.4 Å². The fraction of sp³-hybridized carbons (Fsp3) is 0.526. The van der Waals surface area contributed by atoms with Gasteiger partial charge in [0.05, 0.1) is 18.8 Å². The Bertz CT molecular complexity index is 743. The third kappa shape index (κ3) is 2.47. The number of amides is 2. The van der Waals surface area contributed by atoms with Crippen molar-refractivity contribution in [3.63, 3.8) is 0 Å². The fourth-order valence-electron chi connectivity index (χ4n) is 4.46. The number of hydrogen-bond acceptors (Lipinski definition) is 5. The van der Waals surface area contributed by atoms with E-state index in [0.717, 1.165) is 5.56 Å². The summed E-state index contributed by atoms with van der Waals surface area (Å²) in [6.07, 6.45) is 0.868. The second-order valence-corrected chi connectivity index (χ2v) is 7.72. The Balaban J connectivity index is 1.66. The molecule has 0 radical (unpaired) electrons. The number of imide groups is 1. The zero-order valence-corrected chi connectivity index (χ0v) is 14.4. The van der Waals surface area contributed by atoms with Crippen molar-refractivity contribution >= 4 is 17.8 Å². The van der Waals surface area contributed by atoms with E-state index in [1.54, 1.807) is 0 Å². The highest BCUT2D eigenvalue weighted by molar-refractivity contribution is 6.15. The average Bonchev–Trinajstić information content (AvgIpc) is 2.96. The van der Waals surface area contributed by atoms with Gasteiger partial charge in [-0.1, -0.05) is 30.3 Å². The van der Waals surface area contributed by atoms with Crippen LogP contribution in [0.4, 0.5) is 0 Å². The van der Waals surface area contributed by atoms with Crippen LogP contribution in [0.1, 0.15) is 32.3 Å². The van der Waals surface area contributed by atoms with E-state index >= 15 is 0 Å². The van der Waals surface area contributed by atoms with Crippen molar-refractivity contribution < 1.29 is 23.9 Å². The van der Waals surface area contributed by atoms with Gasteiger partial charge in [0.25, 0.3) is 0 Å². The smallest absolute Gasteiger partial charge is 0.320 e. The lowest BCUT2D eigenvalue weighted by atomic mass is 9.73. The zero-order valence-electron chi connectivity index (χ0n) is 14.4. The molecule has 0 aromatic heterocycles. The van der Waals surface area contributed by atoms with E-state index in [1.165, 1.54) is 4.90 Å². The number of carbonyl (C=O) groups excluding carboxylic acids is 3. The van der Waals surface area contributed by atoms with Crippen LogP contribution in [-0.4, -0.2) is 40.5 Å². The number of fused-ring (bicyclic) bond motifs is 2. The van der Waals surface area contributed by atoms with Gasteiger partial charge in [0.2, 0.25) is 11.8 Å². The van der Waals surface area contributed by atoms with Crippen molar-refractivity contribution in [1.29, 1.82) is 0 Å². The van der Waals surface area contributed by atoms with E-state index in [1.807, 2.05) is 44.2 Å². The number of rotatable bonds is 2. The highest BCUT2D eigenvalue weighted by atomic mass is 16.6. The van der Waals surface area contributed by atoms with E-state index in [0.29, 0.717) is 19.4 Å². The van der Waals surface area contributed by atoms with Crippen LogP contribution >= 0.6 is 0 Å². The first-order valence-corrected chi connectivity index (χ1v) is 8.59. The average molecular weight is 343 g/mol. The zero-order chi connectivity index (χ0) is 17.8. The molecule has 6 nitrogen and oxygen atoms in total. The quantitative estimate of drug-likeness (QED) is 0.464. The van der Waals surface area contributed by atoms with Crippen molar-refractivity contribution in [2.24, 2.45) is 11.8 Å². The van der Waals surface area contributed by atoms with Gasteiger partial charge >= 0.3 is 5.97 Å². The molecule has 0 N–H and O–H groups in total. The number of nitrogens with zero attached hydrogens (tertiary/aromatic N) is 1. The Morgan fingerprint density at radius 2 is 1.84 bits per heavy atom. The van der Waals surface area contributed by atoms with Crippen molar-refractivity contribution in [2.75, 3.05) is 6.61 Å². The number of benzene rings is 1. The largest absolute Gasteiger partial charge is 0.457 e. The first-order valence-electron chi connectivity index (χ1n) is 8.59. The third-order valence-corrected chi connectivity index (χ3v) is 5.45. The fourth-order valence-corrected chi connectivity index (χ4v) is 4.46. The van der Waals surface area contributed by atoms with Crippen LogP contribution in [0.3, 0.4) is 0 Å². The van der Waals surface area contributed by atoms with Gasteiger partial charge < -0.3 is 9.47 Å². The number of hydrogen-bond donors (Lipinski definition) is 0. The molecule has 6 heteroatoms. The Kier molecular flexibility index (Phi) is 3.51. The van der Waals surface area contributed by atoms with E-state index in [2.05, 4.69) is 0 Å². The molecule has 0 aliphatic carbocycles. The van der Waals surface area contributed by atoms with Crippen LogP contribution in [0.2, 0.25) is 0 Å². The maximum atomic E-state index is 13.1. The molecule has 4 rings (SSSR count). The number of carbonyl (C=O) groups is 3. The molecule has 3 heterocycles. The molecule has 0 saturated carbocycles. The number of likely N-dealkylation sites (tertiary alicyclic amines) is 1. The third-order valence-electron chi connectivity index (χ3n) is 5.45. The summed E-state index contributed by atoms with van der Waals surface area (Å²) in [5.74, 6) is -3.06. The minimum atomic E-state index is -1.01. The maximum absolute atomic E-state index is 13.1. The predicted octanol–water partition coefficient (Wildman–Crippen LogP) is 1.67. The summed E-state index contributed by atoms with van der Waals surface area (Å²) in [6, 6.07) is 9.32. The van der Waals surface area contributed by atoms with Gasteiger partial charge in [-0.05, 0) is 19.4 Å². The van der Waals surface area contributed by atoms with E-state index < -0.39 is 34.9 Å². The van der Waals surface area contributed by atoms with Gasteiger partial charge in [0.15, 0.2) is 5.92 Å². The molecule has 2 amide bonds. The van der Waals surface area contributed by atoms with Crippen LogP contribution in [0, 0.1) is 11.8 Å². The summed E-state index contributed by atoms with van der Waals surface area (Å²) in [5.41, 5.74) is -0.565. The Morgan fingerprint density at radius 3 is 2.52 bits per heavy atom. The molecular formula is C19H21NO5. The topological polar surface area (TPSA) is 72.9 Å². The second-order valence-electron chi connectivity index (χ2n) is 7.72. The molecule has 25 heavy (non-hydrogen) atoms. The molecule has 1 aromatic rings. The highest BCUT2D eigenvalue weighted by Crippen LogP contribution is 2.51. The minimum absolute atomic E-state index is 0.189. The molecule has 1 spiro atoms. The van der Waals surface area contributed by atoms with Gasteiger partial charge in [-0.15, -0.1) is 0 Å². The second kappa shape index (κ2) is 5.39. The molecule has 132 valence electrons. The molecular weight excluding hydrogens is 322 g/mol. The normalized spacial score (nSPS) is 33.7. The first kappa shape index (κ1) is 16.3. The monoisotopic (exact) mass is 343 g/mol. The summed E-state index contributed by atoms with van der Waals surface area (Å²) >= 11 is 0. The van der Waals surface area contributed by atoms with Gasteiger partial charge in [-0.2, -0.15) is 0 Å². The van der Waals surface area contributed by atoms with Crippen LogP contribution in [0.5, 0.6) is 0 Å². The van der Waals surface area contributed by atoms with Crippen LogP contribution < -0.4 is 0 Å². The SMILES string of the molecule is CC1(C)CC2(CCO1)OC(=O)C1C(=O)N(Cc3ccccc3)C(=O)C12. The van der Waals surface area contributed by atoms with Crippen molar-refractivity contribution in [1.82, 2.24) is 4.90 Å². The van der Waals surface area contributed by atoms with Gasteiger partial charge in [0, 0.05) is 12.8 Å². The molecule has 3 saturated heterocycles. The lowest BCUT2D eigenvalue weighted by molar-refractivity contribution is -0.182. The summed E-state index contributed by atoms with van der Waals surface area (Å²) in [5, 5.41) is 0. The molecule has 3 unspecified atom stereocenters. The predicted molar refractivity (Wildman–Crippen MR) is 87.1 cm³/mol. The number of ether oxygens (including phenoxy) is 2. The minimum Gasteiger partial charge on any atom is -0.457 e. The molecule has 1 aromatic carbocycles. The molecule has 3 atom stereocenters. The van der Waals surface area contributed by atoms with Gasteiger partial charge in [-0.3, -0.25) is 19.3 Å². The van der Waals surface area contributed by atoms with Crippen molar-refractivity contribution in [2.45, 2.75) is 44.4 Å². The van der Waals surface area contributed by atoms with E-state index in [4.69, 9.17) is 9.47 Å². The summed E-state index contributed by atoms with van der Waals surface area (Å²) < 4.78 is 11.4. The number of esters is 1. The molecule has 3 aliphatic heterocycles. The van der Waals surface area contributed by atoms with Crippen LogP contribution in [0.15, 0.2) is 30.3 Å².